The van der Waals surface area contributed by atoms with Crippen molar-refractivity contribution in [3.63, 3.8) is 0 Å². The van der Waals surface area contributed by atoms with Gasteiger partial charge in [-0.15, -0.1) is 0 Å². The molecule has 1 aliphatic rings. The van der Waals surface area contributed by atoms with Gasteiger partial charge < -0.3 is 15.2 Å². The molecule has 1 aliphatic carbocycles. The molecule has 0 spiro atoms. The standard InChI is InChI=1S/C22H23N3O2/c26-18-10-6-16(7-11-18)20-4-3-15-24-22(20)27-19-12-8-17(9-13-19)25-21-5-1-2-14-23-21/h1-5,8-9,12-16,18,26H,6-7,10-11H2,(H,23,25). The molecule has 138 valence electrons. The van der Waals surface area contributed by atoms with Gasteiger partial charge in [-0.1, -0.05) is 12.1 Å². The molecule has 0 bridgehead atoms. The number of pyridine rings is 2. The van der Waals surface area contributed by atoms with Gasteiger partial charge in [-0.3, -0.25) is 0 Å². The van der Waals surface area contributed by atoms with Gasteiger partial charge in [0.1, 0.15) is 11.6 Å². The molecule has 1 aromatic carbocycles. The number of anilines is 2. The molecule has 1 fully saturated rings. The average Bonchev–Trinajstić information content (AvgIpc) is 2.71. The van der Waals surface area contributed by atoms with E-state index in [0.29, 0.717) is 11.8 Å². The zero-order valence-corrected chi connectivity index (χ0v) is 15.1. The first-order valence-electron chi connectivity index (χ1n) is 9.37. The lowest BCUT2D eigenvalue weighted by atomic mass is 9.83. The minimum atomic E-state index is -0.165. The summed E-state index contributed by atoms with van der Waals surface area (Å²) in [6.07, 6.45) is 6.97. The highest BCUT2D eigenvalue weighted by Crippen LogP contribution is 2.38. The summed E-state index contributed by atoms with van der Waals surface area (Å²) < 4.78 is 6.08. The van der Waals surface area contributed by atoms with Gasteiger partial charge in [0.15, 0.2) is 0 Å². The van der Waals surface area contributed by atoms with E-state index in [9.17, 15) is 5.11 Å². The molecule has 2 N–H and O–H groups in total. The van der Waals surface area contributed by atoms with Crippen LogP contribution in [-0.2, 0) is 0 Å². The van der Waals surface area contributed by atoms with Crippen LogP contribution in [0.5, 0.6) is 11.6 Å². The van der Waals surface area contributed by atoms with Gasteiger partial charge in [-0.25, -0.2) is 9.97 Å². The second-order valence-corrected chi connectivity index (χ2v) is 6.87. The number of ether oxygens (including phenoxy) is 1. The Morgan fingerprint density at radius 2 is 1.63 bits per heavy atom. The topological polar surface area (TPSA) is 67.3 Å². The molecule has 0 saturated heterocycles. The molecule has 5 heteroatoms. The first-order valence-corrected chi connectivity index (χ1v) is 9.37. The van der Waals surface area contributed by atoms with Gasteiger partial charge in [0, 0.05) is 23.6 Å². The number of hydrogen-bond donors (Lipinski definition) is 2. The van der Waals surface area contributed by atoms with E-state index in [0.717, 1.165) is 48.5 Å². The highest BCUT2D eigenvalue weighted by molar-refractivity contribution is 5.57. The summed E-state index contributed by atoms with van der Waals surface area (Å²) in [7, 11) is 0. The van der Waals surface area contributed by atoms with Gasteiger partial charge in [-0.2, -0.15) is 0 Å². The Hall–Kier alpha value is -2.92. The van der Waals surface area contributed by atoms with E-state index < -0.39 is 0 Å². The summed E-state index contributed by atoms with van der Waals surface area (Å²) in [5.74, 6) is 2.60. The van der Waals surface area contributed by atoms with Crippen LogP contribution in [0.3, 0.4) is 0 Å². The van der Waals surface area contributed by atoms with E-state index in [1.165, 1.54) is 0 Å². The molecule has 0 atom stereocenters. The van der Waals surface area contributed by atoms with Crippen LogP contribution in [0.25, 0.3) is 0 Å². The van der Waals surface area contributed by atoms with E-state index in [2.05, 4.69) is 21.4 Å². The van der Waals surface area contributed by atoms with Crippen molar-refractivity contribution in [1.29, 1.82) is 0 Å². The molecule has 0 amide bonds. The largest absolute Gasteiger partial charge is 0.439 e. The quantitative estimate of drug-likeness (QED) is 0.667. The third-order valence-electron chi connectivity index (χ3n) is 4.94. The molecule has 2 aromatic heterocycles. The Bertz CT molecular complexity index is 860. The van der Waals surface area contributed by atoms with Gasteiger partial charge in [-0.05, 0) is 74.1 Å². The maximum absolute atomic E-state index is 9.75. The molecule has 0 radical (unpaired) electrons. The maximum atomic E-state index is 9.75. The van der Waals surface area contributed by atoms with Crippen molar-refractivity contribution in [1.82, 2.24) is 9.97 Å². The van der Waals surface area contributed by atoms with Crippen molar-refractivity contribution in [3.05, 3.63) is 72.6 Å². The molecule has 3 aromatic rings. The Balaban J connectivity index is 1.46. The third kappa shape index (κ3) is 4.44. The van der Waals surface area contributed by atoms with Gasteiger partial charge >= 0.3 is 0 Å². The summed E-state index contributed by atoms with van der Waals surface area (Å²) in [6.45, 7) is 0. The number of nitrogens with zero attached hydrogens (tertiary/aromatic N) is 2. The van der Waals surface area contributed by atoms with Crippen molar-refractivity contribution in [2.45, 2.75) is 37.7 Å². The lowest BCUT2D eigenvalue weighted by molar-refractivity contribution is 0.122. The van der Waals surface area contributed by atoms with Crippen molar-refractivity contribution >= 4 is 11.5 Å². The van der Waals surface area contributed by atoms with Crippen LogP contribution in [0.1, 0.15) is 37.2 Å². The molecule has 4 rings (SSSR count). The third-order valence-corrected chi connectivity index (χ3v) is 4.94. The van der Waals surface area contributed by atoms with Crippen LogP contribution < -0.4 is 10.1 Å². The van der Waals surface area contributed by atoms with Crippen molar-refractivity contribution < 1.29 is 9.84 Å². The van der Waals surface area contributed by atoms with E-state index in [1.54, 1.807) is 12.4 Å². The van der Waals surface area contributed by atoms with Crippen LogP contribution >= 0.6 is 0 Å². The second kappa shape index (κ2) is 8.18. The fraction of sp³-hybridized carbons (Fsp3) is 0.273. The Labute approximate surface area is 159 Å². The van der Waals surface area contributed by atoms with Crippen molar-refractivity contribution in [2.75, 3.05) is 5.32 Å². The smallest absolute Gasteiger partial charge is 0.222 e. The molecule has 27 heavy (non-hydrogen) atoms. The van der Waals surface area contributed by atoms with E-state index >= 15 is 0 Å². The van der Waals surface area contributed by atoms with Gasteiger partial charge in [0.05, 0.1) is 6.10 Å². The summed E-state index contributed by atoms with van der Waals surface area (Å²) in [4.78, 5) is 8.71. The summed E-state index contributed by atoms with van der Waals surface area (Å²) >= 11 is 0. The Morgan fingerprint density at radius 3 is 2.37 bits per heavy atom. The number of rotatable bonds is 5. The van der Waals surface area contributed by atoms with Crippen LogP contribution in [0.2, 0.25) is 0 Å². The highest BCUT2D eigenvalue weighted by Gasteiger charge is 2.24. The van der Waals surface area contributed by atoms with Crippen LogP contribution in [0.15, 0.2) is 67.0 Å². The summed E-state index contributed by atoms with van der Waals surface area (Å²) in [5.41, 5.74) is 2.07. The van der Waals surface area contributed by atoms with Crippen LogP contribution in [-0.4, -0.2) is 21.2 Å². The Kier molecular flexibility index (Phi) is 5.30. The van der Waals surface area contributed by atoms with E-state index in [-0.39, 0.29) is 6.10 Å². The molecular weight excluding hydrogens is 338 g/mol. The van der Waals surface area contributed by atoms with Crippen molar-refractivity contribution in [2.24, 2.45) is 0 Å². The minimum absolute atomic E-state index is 0.165. The van der Waals surface area contributed by atoms with Crippen LogP contribution in [0.4, 0.5) is 11.5 Å². The summed E-state index contributed by atoms with van der Waals surface area (Å²) in [5, 5.41) is 13.0. The predicted octanol–water partition coefficient (Wildman–Crippen LogP) is 5.03. The number of aromatic nitrogens is 2. The van der Waals surface area contributed by atoms with Gasteiger partial charge in [0.2, 0.25) is 5.88 Å². The highest BCUT2D eigenvalue weighted by atomic mass is 16.5. The summed E-state index contributed by atoms with van der Waals surface area (Å²) in [6, 6.07) is 17.6. The average molecular weight is 361 g/mol. The van der Waals surface area contributed by atoms with E-state index in [1.807, 2.05) is 48.5 Å². The second-order valence-electron chi connectivity index (χ2n) is 6.87. The molecule has 5 nitrogen and oxygen atoms in total. The number of nitrogens with one attached hydrogen (secondary N) is 1. The zero-order valence-electron chi connectivity index (χ0n) is 15.1. The maximum Gasteiger partial charge on any atom is 0.222 e. The molecule has 0 unspecified atom stereocenters. The Morgan fingerprint density at radius 1 is 0.852 bits per heavy atom. The molecule has 0 aliphatic heterocycles. The first kappa shape index (κ1) is 17.5. The lowest BCUT2D eigenvalue weighted by Crippen LogP contribution is -2.17. The first-order chi connectivity index (χ1) is 13.3. The number of benzene rings is 1. The minimum Gasteiger partial charge on any atom is -0.439 e. The number of aliphatic hydroxyl groups excluding tert-OH is 1. The number of aliphatic hydroxyl groups is 1. The lowest BCUT2D eigenvalue weighted by Gasteiger charge is -2.26. The van der Waals surface area contributed by atoms with Gasteiger partial charge in [0.25, 0.3) is 0 Å². The fourth-order valence-electron chi connectivity index (χ4n) is 3.49. The van der Waals surface area contributed by atoms with Crippen LogP contribution in [0, 0.1) is 0 Å². The van der Waals surface area contributed by atoms with Crippen molar-refractivity contribution in [3.8, 4) is 11.6 Å². The number of hydrogen-bond acceptors (Lipinski definition) is 5. The monoisotopic (exact) mass is 361 g/mol. The molecule has 1 saturated carbocycles. The normalized spacial score (nSPS) is 19.4. The molecular formula is C22H23N3O2. The van der Waals surface area contributed by atoms with E-state index in [4.69, 9.17) is 4.74 Å². The molecule has 2 heterocycles. The predicted molar refractivity (Wildman–Crippen MR) is 105 cm³/mol. The SMILES string of the molecule is OC1CCC(c2cccnc2Oc2ccc(Nc3ccccn3)cc2)CC1. The zero-order chi connectivity index (χ0) is 18.5. The fourth-order valence-corrected chi connectivity index (χ4v) is 3.49.